The van der Waals surface area contributed by atoms with E-state index in [4.69, 9.17) is 9.47 Å². The first kappa shape index (κ1) is 13.3. The average Bonchev–Trinajstić information content (AvgIpc) is 2.29. The van der Waals surface area contributed by atoms with Crippen LogP contribution < -0.4 is 9.47 Å². The molecule has 0 saturated carbocycles. The van der Waals surface area contributed by atoms with Crippen molar-refractivity contribution in [1.82, 2.24) is 0 Å². The second-order valence-electron chi connectivity index (χ2n) is 3.74. The zero-order valence-electron chi connectivity index (χ0n) is 10.7. The molecule has 0 spiro atoms. The van der Waals surface area contributed by atoms with Crippen LogP contribution in [0.3, 0.4) is 0 Å². The maximum absolute atomic E-state index is 11.0. The molecule has 0 N–H and O–H groups in total. The van der Waals surface area contributed by atoms with Crippen molar-refractivity contribution in [3.05, 3.63) is 29.8 Å². The molecule has 1 aromatic carbocycles. The van der Waals surface area contributed by atoms with Gasteiger partial charge >= 0.3 is 0 Å². The molecule has 3 heteroatoms. The smallest absolute Gasteiger partial charge is 0.161 e. The maximum Gasteiger partial charge on any atom is 0.161 e. The molecule has 0 fully saturated rings. The topological polar surface area (TPSA) is 35.5 Å². The summed E-state index contributed by atoms with van der Waals surface area (Å²) in [5, 5.41) is 0. The molecule has 1 rings (SSSR count). The van der Waals surface area contributed by atoms with E-state index in [0.717, 1.165) is 16.9 Å². The molecule has 3 nitrogen and oxygen atoms in total. The van der Waals surface area contributed by atoms with E-state index in [1.54, 1.807) is 13.2 Å². The van der Waals surface area contributed by atoms with E-state index >= 15 is 0 Å². The van der Waals surface area contributed by atoms with Crippen LogP contribution in [0.2, 0.25) is 0 Å². The first-order valence-electron chi connectivity index (χ1n) is 5.58. The van der Waals surface area contributed by atoms with E-state index in [0.29, 0.717) is 12.4 Å². The molecule has 0 aliphatic heterocycles. The number of methoxy groups -OCH3 is 1. The van der Waals surface area contributed by atoms with Crippen molar-refractivity contribution in [3.8, 4) is 11.5 Å². The molecule has 0 aliphatic carbocycles. The Kier molecular flexibility index (Phi) is 4.76. The lowest BCUT2D eigenvalue weighted by Gasteiger charge is -2.11. The largest absolute Gasteiger partial charge is 0.493 e. The quantitative estimate of drug-likeness (QED) is 0.734. The van der Waals surface area contributed by atoms with Crippen LogP contribution in [0.5, 0.6) is 11.5 Å². The highest BCUT2D eigenvalue weighted by atomic mass is 16.5. The van der Waals surface area contributed by atoms with Gasteiger partial charge in [-0.15, -0.1) is 0 Å². The van der Waals surface area contributed by atoms with E-state index in [2.05, 4.69) is 0 Å². The minimum atomic E-state index is 0.0374. The minimum absolute atomic E-state index is 0.0374. The normalized spacial score (nSPS) is 11.2. The van der Waals surface area contributed by atoms with E-state index in [9.17, 15) is 4.79 Å². The second-order valence-corrected chi connectivity index (χ2v) is 3.74. The average molecular weight is 234 g/mol. The van der Waals surface area contributed by atoms with Gasteiger partial charge in [0.05, 0.1) is 13.7 Å². The van der Waals surface area contributed by atoms with E-state index < -0.39 is 0 Å². The number of allylic oxidation sites excluding steroid dienone is 2. The van der Waals surface area contributed by atoms with Crippen molar-refractivity contribution in [2.24, 2.45) is 0 Å². The van der Waals surface area contributed by atoms with Crippen LogP contribution >= 0.6 is 0 Å². The van der Waals surface area contributed by atoms with Crippen LogP contribution in [0.4, 0.5) is 0 Å². The van der Waals surface area contributed by atoms with Gasteiger partial charge in [-0.25, -0.2) is 0 Å². The number of hydrogen-bond donors (Lipinski definition) is 0. The highest BCUT2D eigenvalue weighted by Crippen LogP contribution is 2.30. The predicted molar refractivity (Wildman–Crippen MR) is 68.5 cm³/mol. The predicted octanol–water partition coefficient (Wildman–Crippen LogP) is 3.09. The summed E-state index contributed by atoms with van der Waals surface area (Å²) in [6, 6.07) is 5.65. The van der Waals surface area contributed by atoms with Gasteiger partial charge in [0.15, 0.2) is 17.3 Å². The highest BCUT2D eigenvalue weighted by Gasteiger charge is 2.06. The third-order valence-electron chi connectivity index (χ3n) is 2.34. The number of hydrogen-bond acceptors (Lipinski definition) is 3. The van der Waals surface area contributed by atoms with Crippen LogP contribution in [0.1, 0.15) is 26.3 Å². The van der Waals surface area contributed by atoms with Crippen molar-refractivity contribution < 1.29 is 14.3 Å². The Balaban J connectivity index is 3.08. The maximum atomic E-state index is 11.0. The van der Waals surface area contributed by atoms with Gasteiger partial charge in [-0.2, -0.15) is 0 Å². The molecular formula is C14H18O3. The van der Waals surface area contributed by atoms with Gasteiger partial charge in [0, 0.05) is 0 Å². The molecule has 0 heterocycles. The third-order valence-corrected chi connectivity index (χ3v) is 2.34. The Morgan fingerprint density at radius 3 is 2.53 bits per heavy atom. The number of ether oxygens (including phenoxy) is 2. The fourth-order valence-corrected chi connectivity index (χ4v) is 1.58. The van der Waals surface area contributed by atoms with Gasteiger partial charge in [-0.05, 0) is 50.1 Å². The molecule has 17 heavy (non-hydrogen) atoms. The zero-order chi connectivity index (χ0) is 12.8. The van der Waals surface area contributed by atoms with E-state index in [1.807, 2.05) is 32.0 Å². The van der Waals surface area contributed by atoms with Crippen LogP contribution in [-0.2, 0) is 4.79 Å². The molecule has 0 amide bonds. The third kappa shape index (κ3) is 3.63. The summed E-state index contributed by atoms with van der Waals surface area (Å²) in [5.41, 5.74) is 1.87. The Morgan fingerprint density at radius 2 is 2.00 bits per heavy atom. The molecule has 0 unspecified atom stereocenters. The molecule has 0 aliphatic rings. The Morgan fingerprint density at radius 1 is 1.29 bits per heavy atom. The molecule has 92 valence electrons. The second kappa shape index (κ2) is 6.09. The molecule has 0 saturated heterocycles. The first-order valence-corrected chi connectivity index (χ1v) is 5.58. The van der Waals surface area contributed by atoms with Gasteiger partial charge in [0.25, 0.3) is 0 Å². The number of carbonyl (C=O) groups is 1. The molecule has 0 atom stereocenters. The SMILES string of the molecule is CCOc1ccc(/C(C)=C\C(C)=O)cc1OC. The Hall–Kier alpha value is -1.77. The summed E-state index contributed by atoms with van der Waals surface area (Å²) in [4.78, 5) is 11.0. The summed E-state index contributed by atoms with van der Waals surface area (Å²) < 4.78 is 10.7. The standard InChI is InChI=1S/C14H18O3/c1-5-17-13-7-6-12(9-14(13)16-4)10(2)8-11(3)15/h6-9H,5H2,1-4H3/b10-8-. The van der Waals surface area contributed by atoms with Crippen molar-refractivity contribution in [3.63, 3.8) is 0 Å². The van der Waals surface area contributed by atoms with Crippen molar-refractivity contribution in [2.45, 2.75) is 20.8 Å². The van der Waals surface area contributed by atoms with Gasteiger partial charge in [0.2, 0.25) is 0 Å². The minimum Gasteiger partial charge on any atom is -0.493 e. The summed E-state index contributed by atoms with van der Waals surface area (Å²) in [7, 11) is 1.60. The lowest BCUT2D eigenvalue weighted by Crippen LogP contribution is -1.96. The number of carbonyl (C=O) groups excluding carboxylic acids is 1. The van der Waals surface area contributed by atoms with Gasteiger partial charge in [-0.3, -0.25) is 4.79 Å². The first-order chi connectivity index (χ1) is 8.08. The molecule has 0 radical (unpaired) electrons. The van der Waals surface area contributed by atoms with Crippen LogP contribution in [-0.4, -0.2) is 19.5 Å². The Labute approximate surface area is 102 Å². The number of ketones is 1. The number of rotatable bonds is 5. The lowest BCUT2D eigenvalue weighted by molar-refractivity contribution is -0.112. The molecule has 0 aromatic heterocycles. The zero-order valence-corrected chi connectivity index (χ0v) is 10.7. The lowest BCUT2D eigenvalue weighted by atomic mass is 10.1. The highest BCUT2D eigenvalue weighted by molar-refractivity contribution is 5.94. The Bertz CT molecular complexity index is 433. The fourth-order valence-electron chi connectivity index (χ4n) is 1.58. The van der Waals surface area contributed by atoms with Crippen molar-refractivity contribution >= 4 is 11.4 Å². The summed E-state index contributed by atoms with van der Waals surface area (Å²) in [6.07, 6.45) is 1.61. The molecule has 0 bridgehead atoms. The van der Waals surface area contributed by atoms with Gasteiger partial charge in [0.1, 0.15) is 0 Å². The van der Waals surface area contributed by atoms with Crippen LogP contribution in [0.25, 0.3) is 5.57 Å². The monoisotopic (exact) mass is 234 g/mol. The molecule has 1 aromatic rings. The summed E-state index contributed by atoms with van der Waals surface area (Å²) in [6.45, 7) is 5.96. The number of benzene rings is 1. The summed E-state index contributed by atoms with van der Waals surface area (Å²) >= 11 is 0. The van der Waals surface area contributed by atoms with Crippen LogP contribution in [0, 0.1) is 0 Å². The van der Waals surface area contributed by atoms with Crippen molar-refractivity contribution in [2.75, 3.05) is 13.7 Å². The van der Waals surface area contributed by atoms with Crippen LogP contribution in [0.15, 0.2) is 24.3 Å². The van der Waals surface area contributed by atoms with E-state index in [1.165, 1.54) is 6.92 Å². The van der Waals surface area contributed by atoms with E-state index in [-0.39, 0.29) is 5.78 Å². The van der Waals surface area contributed by atoms with Crippen molar-refractivity contribution in [1.29, 1.82) is 0 Å². The van der Waals surface area contributed by atoms with Gasteiger partial charge in [-0.1, -0.05) is 6.07 Å². The summed E-state index contributed by atoms with van der Waals surface area (Å²) in [5.74, 6) is 1.44. The fraction of sp³-hybridized carbons (Fsp3) is 0.357. The molecular weight excluding hydrogens is 216 g/mol. The van der Waals surface area contributed by atoms with Gasteiger partial charge < -0.3 is 9.47 Å².